The second-order valence-electron chi connectivity index (χ2n) is 7.61. The fraction of sp³-hybridized carbons (Fsp3) is 0.550. The standard InChI is InChI=1S/C20H26N2O5/c1-14-7-4-5-8-15(14)11-21(12-16-9-6-10-26-16)17(23)13-22-18(24)20(2,3)27-19(22)25/h4-5,7-8,16H,6,9-13H2,1-3H3. The lowest BCUT2D eigenvalue weighted by Gasteiger charge is -2.27. The van der Waals surface area contributed by atoms with Gasteiger partial charge in [0.25, 0.3) is 5.91 Å². The van der Waals surface area contributed by atoms with Gasteiger partial charge in [0.1, 0.15) is 6.54 Å². The number of carbonyl (C=O) groups is 3. The summed E-state index contributed by atoms with van der Waals surface area (Å²) in [6.07, 6.45) is 1.08. The van der Waals surface area contributed by atoms with Crippen LogP contribution in [0.2, 0.25) is 0 Å². The Kier molecular flexibility index (Phi) is 5.51. The van der Waals surface area contributed by atoms with Crippen LogP contribution in [-0.2, 0) is 25.6 Å². The maximum atomic E-state index is 13.0. The molecule has 0 radical (unpaired) electrons. The monoisotopic (exact) mass is 374 g/mol. The molecule has 1 unspecified atom stereocenters. The van der Waals surface area contributed by atoms with Crippen molar-refractivity contribution in [1.82, 2.24) is 9.80 Å². The van der Waals surface area contributed by atoms with E-state index >= 15 is 0 Å². The van der Waals surface area contributed by atoms with Crippen molar-refractivity contribution in [3.63, 3.8) is 0 Å². The number of benzene rings is 1. The predicted octanol–water partition coefficient (Wildman–Crippen LogP) is 2.26. The van der Waals surface area contributed by atoms with Crippen molar-refractivity contribution < 1.29 is 23.9 Å². The largest absolute Gasteiger partial charge is 0.433 e. The zero-order valence-corrected chi connectivity index (χ0v) is 16.1. The second kappa shape index (κ2) is 7.68. The van der Waals surface area contributed by atoms with Gasteiger partial charge in [0.2, 0.25) is 5.91 Å². The van der Waals surface area contributed by atoms with Crippen LogP contribution < -0.4 is 0 Å². The zero-order chi connectivity index (χ0) is 19.6. The van der Waals surface area contributed by atoms with E-state index in [2.05, 4.69) is 0 Å². The average molecular weight is 374 g/mol. The van der Waals surface area contributed by atoms with Crippen LogP contribution in [-0.4, -0.2) is 59.1 Å². The Labute approximate surface area is 159 Å². The third-order valence-electron chi connectivity index (χ3n) is 5.04. The number of rotatable bonds is 6. The van der Waals surface area contributed by atoms with Gasteiger partial charge in [-0.3, -0.25) is 9.59 Å². The average Bonchev–Trinajstić information content (AvgIpc) is 3.18. The molecule has 3 rings (SSSR count). The summed E-state index contributed by atoms with van der Waals surface area (Å²) in [5, 5.41) is 0. The molecule has 2 heterocycles. The van der Waals surface area contributed by atoms with Crippen LogP contribution in [0.1, 0.15) is 37.8 Å². The zero-order valence-electron chi connectivity index (χ0n) is 16.1. The molecule has 7 nitrogen and oxygen atoms in total. The van der Waals surface area contributed by atoms with Gasteiger partial charge in [0.15, 0.2) is 5.60 Å². The minimum absolute atomic E-state index is 0.0179. The van der Waals surface area contributed by atoms with Crippen LogP contribution in [0.15, 0.2) is 24.3 Å². The molecule has 146 valence electrons. The summed E-state index contributed by atoms with van der Waals surface area (Å²) in [7, 11) is 0. The van der Waals surface area contributed by atoms with Crippen LogP contribution in [0, 0.1) is 6.92 Å². The maximum Gasteiger partial charge on any atom is 0.418 e. The summed E-state index contributed by atoms with van der Waals surface area (Å²) in [5.41, 5.74) is 0.882. The lowest BCUT2D eigenvalue weighted by molar-refractivity contribution is -0.141. The highest BCUT2D eigenvalue weighted by Gasteiger charge is 2.48. The first kappa shape index (κ1) is 19.4. The molecule has 2 saturated heterocycles. The van der Waals surface area contributed by atoms with Crippen LogP contribution in [0.5, 0.6) is 0 Å². The first-order valence-electron chi connectivity index (χ1n) is 9.27. The van der Waals surface area contributed by atoms with E-state index in [0.29, 0.717) is 19.7 Å². The smallest absolute Gasteiger partial charge is 0.418 e. The van der Waals surface area contributed by atoms with Crippen molar-refractivity contribution in [2.45, 2.75) is 51.9 Å². The van der Waals surface area contributed by atoms with Gasteiger partial charge >= 0.3 is 6.09 Å². The molecule has 7 heteroatoms. The predicted molar refractivity (Wildman–Crippen MR) is 97.8 cm³/mol. The van der Waals surface area contributed by atoms with Crippen molar-refractivity contribution in [1.29, 1.82) is 0 Å². The van der Waals surface area contributed by atoms with Gasteiger partial charge in [0.05, 0.1) is 6.10 Å². The maximum absolute atomic E-state index is 13.0. The van der Waals surface area contributed by atoms with Gasteiger partial charge in [-0.15, -0.1) is 0 Å². The quantitative estimate of drug-likeness (QED) is 0.763. The second-order valence-corrected chi connectivity index (χ2v) is 7.61. The highest BCUT2D eigenvalue weighted by Crippen LogP contribution is 2.24. The van der Waals surface area contributed by atoms with Gasteiger partial charge in [-0.2, -0.15) is 0 Å². The van der Waals surface area contributed by atoms with E-state index in [1.807, 2.05) is 31.2 Å². The Morgan fingerprint density at radius 1 is 1.30 bits per heavy atom. The molecular formula is C20H26N2O5. The Bertz CT molecular complexity index is 740. The summed E-state index contributed by atoms with van der Waals surface area (Å²) in [6.45, 7) is 6.26. The molecule has 0 aliphatic carbocycles. The van der Waals surface area contributed by atoms with Crippen molar-refractivity contribution in [2.75, 3.05) is 19.7 Å². The molecule has 1 aromatic rings. The number of hydrogen-bond acceptors (Lipinski definition) is 5. The fourth-order valence-corrected chi connectivity index (χ4v) is 3.38. The highest BCUT2D eigenvalue weighted by molar-refractivity contribution is 6.04. The van der Waals surface area contributed by atoms with Crippen LogP contribution >= 0.6 is 0 Å². The summed E-state index contributed by atoms with van der Waals surface area (Å²) in [4.78, 5) is 39.9. The van der Waals surface area contributed by atoms with Gasteiger partial charge < -0.3 is 14.4 Å². The molecular weight excluding hydrogens is 348 g/mol. The molecule has 1 aromatic carbocycles. The first-order valence-corrected chi connectivity index (χ1v) is 9.27. The van der Waals surface area contributed by atoms with Crippen LogP contribution in [0.4, 0.5) is 4.79 Å². The number of nitrogens with zero attached hydrogens (tertiary/aromatic N) is 2. The normalized spacial score (nSPS) is 21.4. The number of carbonyl (C=O) groups excluding carboxylic acids is 3. The van der Waals surface area contributed by atoms with E-state index < -0.39 is 17.6 Å². The third kappa shape index (κ3) is 4.30. The molecule has 2 aliphatic rings. The number of hydrogen-bond donors (Lipinski definition) is 0. The van der Waals surface area contributed by atoms with E-state index in [1.165, 1.54) is 13.8 Å². The lowest BCUT2D eigenvalue weighted by Crippen LogP contribution is -2.46. The molecule has 0 bridgehead atoms. The molecule has 2 aliphatic heterocycles. The Balaban J connectivity index is 1.75. The first-order chi connectivity index (χ1) is 12.8. The van der Waals surface area contributed by atoms with Crippen molar-refractivity contribution in [3.05, 3.63) is 35.4 Å². The summed E-state index contributed by atoms with van der Waals surface area (Å²) < 4.78 is 10.7. The fourth-order valence-electron chi connectivity index (χ4n) is 3.38. The number of imide groups is 1. The molecule has 0 saturated carbocycles. The van der Waals surface area contributed by atoms with Crippen LogP contribution in [0.3, 0.4) is 0 Å². The number of amides is 3. The topological polar surface area (TPSA) is 76.2 Å². The highest BCUT2D eigenvalue weighted by atomic mass is 16.6. The van der Waals surface area contributed by atoms with E-state index in [1.54, 1.807) is 4.90 Å². The summed E-state index contributed by atoms with van der Waals surface area (Å²) in [5.74, 6) is -0.787. The SMILES string of the molecule is Cc1ccccc1CN(CC1CCCO1)C(=O)CN1C(=O)OC(C)(C)C1=O. The van der Waals surface area contributed by atoms with Gasteiger partial charge in [-0.25, -0.2) is 9.69 Å². The Morgan fingerprint density at radius 3 is 2.63 bits per heavy atom. The number of cyclic esters (lactones) is 1. The molecule has 0 aromatic heterocycles. The molecule has 0 spiro atoms. The van der Waals surface area contributed by atoms with Crippen molar-refractivity contribution >= 4 is 17.9 Å². The minimum atomic E-state index is -1.23. The molecule has 27 heavy (non-hydrogen) atoms. The molecule has 0 N–H and O–H groups in total. The Hall–Kier alpha value is -2.41. The van der Waals surface area contributed by atoms with E-state index in [4.69, 9.17) is 9.47 Å². The summed E-state index contributed by atoms with van der Waals surface area (Å²) in [6, 6.07) is 7.85. The van der Waals surface area contributed by atoms with Crippen molar-refractivity contribution in [3.8, 4) is 0 Å². The van der Waals surface area contributed by atoms with E-state index in [9.17, 15) is 14.4 Å². The van der Waals surface area contributed by atoms with E-state index in [-0.39, 0.29) is 18.6 Å². The molecule has 2 fully saturated rings. The number of aryl methyl sites for hydroxylation is 1. The number of ether oxygens (including phenoxy) is 2. The van der Waals surface area contributed by atoms with Gasteiger partial charge in [-0.1, -0.05) is 24.3 Å². The van der Waals surface area contributed by atoms with Crippen molar-refractivity contribution in [2.24, 2.45) is 0 Å². The summed E-state index contributed by atoms with van der Waals surface area (Å²) >= 11 is 0. The van der Waals surface area contributed by atoms with Crippen LogP contribution in [0.25, 0.3) is 0 Å². The third-order valence-corrected chi connectivity index (χ3v) is 5.04. The Morgan fingerprint density at radius 2 is 2.04 bits per heavy atom. The minimum Gasteiger partial charge on any atom is -0.433 e. The van der Waals surface area contributed by atoms with Gasteiger partial charge in [0, 0.05) is 19.7 Å². The molecule has 3 amide bonds. The van der Waals surface area contributed by atoms with Gasteiger partial charge in [-0.05, 0) is 44.7 Å². The molecule has 1 atom stereocenters. The lowest BCUT2D eigenvalue weighted by atomic mass is 10.1. The van der Waals surface area contributed by atoms with E-state index in [0.717, 1.165) is 28.9 Å².